The molecule has 90 valence electrons. The first-order chi connectivity index (χ1) is 6.96. The quantitative estimate of drug-likeness (QED) is 0.701. The zero-order valence-electron chi connectivity index (χ0n) is 10.3. The first-order valence-corrected chi connectivity index (χ1v) is 6.72. The molecule has 4 heteroatoms. The number of hydrogen-bond donors (Lipinski definition) is 2. The minimum atomic E-state index is -0.0207. The highest BCUT2D eigenvalue weighted by Crippen LogP contribution is 2.19. The Labute approximate surface area is 97.6 Å². The predicted octanol–water partition coefficient (Wildman–Crippen LogP) is 1.62. The third kappa shape index (κ3) is 6.05. The van der Waals surface area contributed by atoms with Gasteiger partial charge in [0.1, 0.15) is 0 Å². The number of carbonyl (C=O) groups is 1. The van der Waals surface area contributed by atoms with Gasteiger partial charge in [0.2, 0.25) is 5.91 Å². The van der Waals surface area contributed by atoms with E-state index < -0.39 is 0 Å². The Kier molecular flexibility index (Phi) is 7.02. The van der Waals surface area contributed by atoms with Crippen LogP contribution in [0.2, 0.25) is 0 Å². The van der Waals surface area contributed by atoms with Crippen molar-refractivity contribution in [3.8, 4) is 0 Å². The summed E-state index contributed by atoms with van der Waals surface area (Å²) in [6.07, 6.45) is 3.93. The molecule has 0 radical (unpaired) electrons. The fraction of sp³-hybridized carbons (Fsp3) is 0.909. The molecular weight excluding hydrogens is 208 g/mol. The number of carbonyl (C=O) groups excluding carboxylic acids is 1. The molecular formula is C11H24N2OS. The Morgan fingerprint density at radius 1 is 1.53 bits per heavy atom. The van der Waals surface area contributed by atoms with Crippen molar-refractivity contribution >= 4 is 17.7 Å². The smallest absolute Gasteiger partial charge is 0.224 e. The Balaban J connectivity index is 4.01. The molecule has 1 atom stereocenters. The molecule has 3 nitrogen and oxygen atoms in total. The lowest BCUT2D eigenvalue weighted by Gasteiger charge is -2.23. The summed E-state index contributed by atoms with van der Waals surface area (Å²) in [5, 5.41) is 2.97. The topological polar surface area (TPSA) is 55.1 Å². The molecule has 0 fully saturated rings. The first-order valence-electron chi connectivity index (χ1n) is 5.49. The Bertz CT molecular complexity index is 195. The average Bonchev–Trinajstić information content (AvgIpc) is 2.22. The molecule has 3 N–H and O–H groups in total. The van der Waals surface area contributed by atoms with E-state index in [1.807, 2.05) is 0 Å². The maximum absolute atomic E-state index is 11.7. The van der Waals surface area contributed by atoms with Crippen LogP contribution < -0.4 is 11.1 Å². The van der Waals surface area contributed by atoms with Gasteiger partial charge in [-0.1, -0.05) is 13.3 Å². The lowest BCUT2D eigenvalue weighted by atomic mass is 10.0. The molecule has 0 aromatic heterocycles. The molecule has 0 saturated carbocycles. The second kappa shape index (κ2) is 7.12. The van der Waals surface area contributed by atoms with Gasteiger partial charge in [0.25, 0.3) is 0 Å². The van der Waals surface area contributed by atoms with Crippen LogP contribution in [0.1, 0.15) is 33.6 Å². The Hall–Kier alpha value is -0.220. The van der Waals surface area contributed by atoms with Gasteiger partial charge >= 0.3 is 0 Å². The van der Waals surface area contributed by atoms with Crippen molar-refractivity contribution in [2.45, 2.75) is 38.4 Å². The van der Waals surface area contributed by atoms with Gasteiger partial charge in [-0.2, -0.15) is 11.8 Å². The van der Waals surface area contributed by atoms with Crippen LogP contribution in [0.3, 0.4) is 0 Å². The molecule has 0 saturated heterocycles. The summed E-state index contributed by atoms with van der Waals surface area (Å²) in [5.74, 6) is 0.0779. The highest BCUT2D eigenvalue weighted by Gasteiger charge is 2.20. The van der Waals surface area contributed by atoms with Gasteiger partial charge in [-0.3, -0.25) is 4.79 Å². The summed E-state index contributed by atoms with van der Waals surface area (Å²) >= 11 is 1.76. The summed E-state index contributed by atoms with van der Waals surface area (Å²) in [5.41, 5.74) is 5.57. The maximum Gasteiger partial charge on any atom is 0.224 e. The van der Waals surface area contributed by atoms with E-state index in [1.54, 1.807) is 11.8 Å². The third-order valence-electron chi connectivity index (χ3n) is 2.53. The van der Waals surface area contributed by atoms with E-state index in [2.05, 4.69) is 32.3 Å². The van der Waals surface area contributed by atoms with Gasteiger partial charge in [-0.25, -0.2) is 0 Å². The van der Waals surface area contributed by atoms with Crippen molar-refractivity contribution in [2.24, 2.45) is 11.7 Å². The van der Waals surface area contributed by atoms with E-state index >= 15 is 0 Å². The van der Waals surface area contributed by atoms with Crippen LogP contribution in [-0.4, -0.2) is 30.0 Å². The van der Waals surface area contributed by atoms with Gasteiger partial charge in [0, 0.05) is 17.8 Å². The van der Waals surface area contributed by atoms with Gasteiger partial charge in [-0.15, -0.1) is 0 Å². The van der Waals surface area contributed by atoms with Crippen LogP contribution in [0.25, 0.3) is 0 Å². The highest BCUT2D eigenvalue weighted by molar-refractivity contribution is 7.99. The minimum Gasteiger partial charge on any atom is -0.354 e. The van der Waals surface area contributed by atoms with Crippen molar-refractivity contribution in [3.63, 3.8) is 0 Å². The fourth-order valence-electron chi connectivity index (χ4n) is 1.22. The molecule has 0 aromatic rings. The zero-order chi connectivity index (χ0) is 11.9. The number of hydrogen-bond acceptors (Lipinski definition) is 3. The summed E-state index contributed by atoms with van der Waals surface area (Å²) in [4.78, 5) is 11.7. The molecule has 0 aromatic carbocycles. The van der Waals surface area contributed by atoms with E-state index in [1.165, 1.54) is 0 Å². The molecule has 0 aliphatic carbocycles. The molecule has 0 spiro atoms. The molecule has 1 unspecified atom stereocenters. The van der Waals surface area contributed by atoms with E-state index in [-0.39, 0.29) is 16.6 Å². The van der Waals surface area contributed by atoms with Crippen molar-refractivity contribution in [3.05, 3.63) is 0 Å². The molecule has 0 heterocycles. The lowest BCUT2D eigenvalue weighted by Crippen LogP contribution is -2.41. The van der Waals surface area contributed by atoms with Crippen molar-refractivity contribution in [1.82, 2.24) is 5.32 Å². The van der Waals surface area contributed by atoms with Gasteiger partial charge < -0.3 is 11.1 Å². The number of nitrogens with two attached hydrogens (primary N) is 1. The molecule has 0 rings (SSSR count). The Morgan fingerprint density at radius 2 is 2.13 bits per heavy atom. The summed E-state index contributed by atoms with van der Waals surface area (Å²) in [6.45, 7) is 7.46. The fourth-order valence-corrected chi connectivity index (χ4v) is 1.44. The summed E-state index contributed by atoms with van der Waals surface area (Å²) < 4.78 is 0.0982. The molecule has 0 bridgehead atoms. The third-order valence-corrected chi connectivity index (χ3v) is 3.78. The molecule has 15 heavy (non-hydrogen) atoms. The van der Waals surface area contributed by atoms with E-state index in [4.69, 9.17) is 5.73 Å². The predicted molar refractivity (Wildman–Crippen MR) is 68.1 cm³/mol. The van der Waals surface area contributed by atoms with Gasteiger partial charge in [-0.05, 0) is 26.5 Å². The normalized spacial score (nSPS) is 13.7. The summed E-state index contributed by atoms with van der Waals surface area (Å²) in [6, 6.07) is 0. The second-order valence-corrected chi connectivity index (χ2v) is 5.92. The Morgan fingerprint density at radius 3 is 2.53 bits per heavy atom. The van der Waals surface area contributed by atoms with Crippen molar-refractivity contribution in [1.29, 1.82) is 0 Å². The standard InChI is InChI=1S/C11H24N2OS/c1-5-6-9(7-12)10(14)13-8-11(2,3)15-4/h9H,5-8,12H2,1-4H3,(H,13,14). The van der Waals surface area contributed by atoms with Crippen molar-refractivity contribution in [2.75, 3.05) is 19.3 Å². The van der Waals surface area contributed by atoms with Gasteiger partial charge in [0.05, 0.1) is 5.92 Å². The number of rotatable bonds is 7. The maximum atomic E-state index is 11.7. The highest BCUT2D eigenvalue weighted by atomic mass is 32.2. The van der Waals surface area contributed by atoms with Crippen LogP contribution >= 0.6 is 11.8 Å². The van der Waals surface area contributed by atoms with Gasteiger partial charge in [0.15, 0.2) is 0 Å². The number of amides is 1. The van der Waals surface area contributed by atoms with Crippen LogP contribution in [0, 0.1) is 5.92 Å². The minimum absolute atomic E-state index is 0.0207. The first kappa shape index (κ1) is 14.8. The van der Waals surface area contributed by atoms with Crippen LogP contribution in [-0.2, 0) is 4.79 Å². The van der Waals surface area contributed by atoms with Crippen molar-refractivity contribution < 1.29 is 4.79 Å². The van der Waals surface area contributed by atoms with E-state index in [9.17, 15) is 4.79 Å². The zero-order valence-corrected chi connectivity index (χ0v) is 11.1. The van der Waals surface area contributed by atoms with Crippen LogP contribution in [0.15, 0.2) is 0 Å². The van der Waals surface area contributed by atoms with E-state index in [0.717, 1.165) is 12.8 Å². The second-order valence-electron chi connectivity index (χ2n) is 4.40. The molecule has 0 aliphatic rings. The SMILES string of the molecule is CCCC(CN)C(=O)NCC(C)(C)SC. The lowest BCUT2D eigenvalue weighted by molar-refractivity contribution is -0.125. The number of thioether (sulfide) groups is 1. The summed E-state index contributed by atoms with van der Waals surface area (Å²) in [7, 11) is 0. The average molecular weight is 232 g/mol. The molecule has 0 aliphatic heterocycles. The molecule has 1 amide bonds. The van der Waals surface area contributed by atoms with Crippen LogP contribution in [0.4, 0.5) is 0 Å². The number of nitrogens with one attached hydrogen (secondary N) is 1. The largest absolute Gasteiger partial charge is 0.354 e. The van der Waals surface area contributed by atoms with Crippen LogP contribution in [0.5, 0.6) is 0 Å². The monoisotopic (exact) mass is 232 g/mol. The van der Waals surface area contributed by atoms with E-state index in [0.29, 0.717) is 13.1 Å².